The first-order chi connectivity index (χ1) is 6.69. The van der Waals surface area contributed by atoms with Crippen molar-refractivity contribution in [3.05, 3.63) is 5.82 Å². The van der Waals surface area contributed by atoms with E-state index in [2.05, 4.69) is 35.0 Å². The van der Waals surface area contributed by atoms with Crippen molar-refractivity contribution in [3.63, 3.8) is 0 Å². The highest BCUT2D eigenvalue weighted by Gasteiger charge is 2.11. The van der Waals surface area contributed by atoms with Crippen LogP contribution in [0.5, 0.6) is 0 Å². The zero-order chi connectivity index (χ0) is 10.6. The van der Waals surface area contributed by atoms with E-state index in [0.717, 1.165) is 24.0 Å². The average Bonchev–Trinajstić information content (AvgIpc) is 2.63. The summed E-state index contributed by atoms with van der Waals surface area (Å²) in [6.07, 6.45) is 0. The molecule has 0 amide bonds. The highest BCUT2D eigenvalue weighted by molar-refractivity contribution is 7.09. The van der Waals surface area contributed by atoms with Crippen molar-refractivity contribution in [1.29, 1.82) is 0 Å². The zero-order valence-electron chi connectivity index (χ0n) is 9.03. The second kappa shape index (κ2) is 5.26. The molecule has 0 spiro atoms. The molecule has 0 aliphatic heterocycles. The number of likely N-dealkylation sites (N-methyl/N-ethyl adjacent to an activating group) is 1. The first kappa shape index (κ1) is 11.4. The molecule has 1 aromatic rings. The van der Waals surface area contributed by atoms with Gasteiger partial charge in [0.15, 0.2) is 0 Å². The summed E-state index contributed by atoms with van der Waals surface area (Å²) in [7, 11) is 0. The van der Waals surface area contributed by atoms with Crippen molar-refractivity contribution in [2.75, 3.05) is 24.5 Å². The molecule has 14 heavy (non-hydrogen) atoms. The van der Waals surface area contributed by atoms with Crippen LogP contribution in [-0.4, -0.2) is 29.0 Å². The Bertz CT molecular complexity index is 272. The Morgan fingerprint density at radius 3 is 2.64 bits per heavy atom. The Morgan fingerprint density at radius 2 is 2.21 bits per heavy atom. The van der Waals surface area contributed by atoms with E-state index in [9.17, 15) is 0 Å². The summed E-state index contributed by atoms with van der Waals surface area (Å²) >= 11 is 1.46. The number of anilines is 1. The van der Waals surface area contributed by atoms with E-state index in [1.54, 1.807) is 0 Å². The topological polar surface area (TPSA) is 55.0 Å². The molecule has 1 aromatic heterocycles. The fourth-order valence-electron chi connectivity index (χ4n) is 1.13. The molecule has 0 saturated heterocycles. The molecule has 5 heteroatoms. The smallest absolute Gasteiger partial charge is 0.205 e. The molecule has 4 nitrogen and oxygen atoms in total. The van der Waals surface area contributed by atoms with Gasteiger partial charge in [0.05, 0.1) is 0 Å². The molecule has 0 atom stereocenters. The maximum absolute atomic E-state index is 5.52. The third-order valence-electron chi connectivity index (χ3n) is 2.00. The van der Waals surface area contributed by atoms with Crippen LogP contribution in [0.2, 0.25) is 0 Å². The fourth-order valence-corrected chi connectivity index (χ4v) is 2.03. The highest BCUT2D eigenvalue weighted by Crippen LogP contribution is 2.20. The molecule has 0 bridgehead atoms. The normalized spacial score (nSPS) is 10.9. The lowest BCUT2D eigenvalue weighted by Crippen LogP contribution is -2.28. The molecule has 0 aliphatic rings. The van der Waals surface area contributed by atoms with Crippen LogP contribution >= 0.6 is 11.5 Å². The van der Waals surface area contributed by atoms with Crippen LogP contribution in [0.1, 0.15) is 32.5 Å². The number of hydrogen-bond donors (Lipinski definition) is 1. The van der Waals surface area contributed by atoms with E-state index in [1.165, 1.54) is 11.5 Å². The summed E-state index contributed by atoms with van der Waals surface area (Å²) in [4.78, 5) is 6.63. The van der Waals surface area contributed by atoms with E-state index in [4.69, 9.17) is 5.73 Å². The van der Waals surface area contributed by atoms with E-state index >= 15 is 0 Å². The molecule has 0 saturated carbocycles. The predicted molar refractivity (Wildman–Crippen MR) is 60.9 cm³/mol. The summed E-state index contributed by atoms with van der Waals surface area (Å²) in [5.41, 5.74) is 5.52. The van der Waals surface area contributed by atoms with Gasteiger partial charge in [-0.1, -0.05) is 13.8 Å². The third-order valence-corrected chi connectivity index (χ3v) is 2.79. The van der Waals surface area contributed by atoms with Gasteiger partial charge >= 0.3 is 0 Å². The molecule has 1 heterocycles. The van der Waals surface area contributed by atoms with Crippen LogP contribution in [0.25, 0.3) is 0 Å². The zero-order valence-corrected chi connectivity index (χ0v) is 9.84. The Labute approximate surface area is 89.3 Å². The molecule has 0 fully saturated rings. The molecule has 0 aliphatic carbocycles. The lowest BCUT2D eigenvalue weighted by molar-refractivity contribution is 0.776. The summed E-state index contributed by atoms with van der Waals surface area (Å²) in [5, 5.41) is 0.988. The number of aromatic nitrogens is 2. The minimum Gasteiger partial charge on any atom is -0.346 e. The monoisotopic (exact) mass is 214 g/mol. The van der Waals surface area contributed by atoms with E-state index in [-0.39, 0.29) is 0 Å². The minimum atomic E-state index is 0.400. The summed E-state index contributed by atoms with van der Waals surface area (Å²) in [6, 6.07) is 0. The predicted octanol–water partition coefficient (Wildman–Crippen LogP) is 1.45. The first-order valence-electron chi connectivity index (χ1n) is 4.97. The minimum absolute atomic E-state index is 0.400. The van der Waals surface area contributed by atoms with Crippen molar-refractivity contribution in [1.82, 2.24) is 9.36 Å². The highest BCUT2D eigenvalue weighted by atomic mass is 32.1. The molecule has 80 valence electrons. The van der Waals surface area contributed by atoms with Crippen LogP contribution in [0.15, 0.2) is 0 Å². The van der Waals surface area contributed by atoms with Gasteiger partial charge in [0.1, 0.15) is 5.82 Å². The van der Waals surface area contributed by atoms with Gasteiger partial charge in [-0.2, -0.15) is 4.37 Å². The fraction of sp³-hybridized carbons (Fsp3) is 0.778. The van der Waals surface area contributed by atoms with Crippen LogP contribution in [0.4, 0.5) is 5.13 Å². The molecule has 1 rings (SSSR count). The Balaban J connectivity index is 2.73. The largest absolute Gasteiger partial charge is 0.346 e. The Kier molecular flexibility index (Phi) is 4.28. The molecule has 0 radical (unpaired) electrons. The summed E-state index contributed by atoms with van der Waals surface area (Å²) < 4.78 is 4.31. The van der Waals surface area contributed by atoms with Crippen molar-refractivity contribution in [3.8, 4) is 0 Å². The number of hydrogen-bond acceptors (Lipinski definition) is 5. The molecule has 0 unspecified atom stereocenters. The van der Waals surface area contributed by atoms with Crippen LogP contribution in [-0.2, 0) is 0 Å². The number of rotatable bonds is 5. The van der Waals surface area contributed by atoms with Gasteiger partial charge in [-0.3, -0.25) is 0 Å². The van der Waals surface area contributed by atoms with Gasteiger partial charge in [-0.25, -0.2) is 4.98 Å². The average molecular weight is 214 g/mol. The van der Waals surface area contributed by atoms with Gasteiger partial charge in [0.25, 0.3) is 0 Å². The second-order valence-electron chi connectivity index (χ2n) is 3.46. The Hall–Kier alpha value is -0.680. The summed E-state index contributed by atoms with van der Waals surface area (Å²) in [5.74, 6) is 1.33. The van der Waals surface area contributed by atoms with Crippen LogP contribution in [0.3, 0.4) is 0 Å². The van der Waals surface area contributed by atoms with E-state index < -0.39 is 0 Å². The number of nitrogens with two attached hydrogens (primary N) is 1. The quantitative estimate of drug-likeness (QED) is 0.806. The first-order valence-corrected chi connectivity index (χ1v) is 5.75. The maximum atomic E-state index is 5.52. The molecule has 0 aromatic carbocycles. The maximum Gasteiger partial charge on any atom is 0.205 e. The van der Waals surface area contributed by atoms with Gasteiger partial charge in [-0.15, -0.1) is 0 Å². The van der Waals surface area contributed by atoms with Gasteiger partial charge in [-0.05, 0) is 6.92 Å². The molecular formula is C9H18N4S. The van der Waals surface area contributed by atoms with E-state index in [0.29, 0.717) is 12.5 Å². The van der Waals surface area contributed by atoms with Crippen LogP contribution in [0, 0.1) is 0 Å². The lowest BCUT2D eigenvalue weighted by Gasteiger charge is -2.17. The van der Waals surface area contributed by atoms with Crippen LogP contribution < -0.4 is 10.6 Å². The number of nitrogens with zero attached hydrogens (tertiary/aromatic N) is 3. The van der Waals surface area contributed by atoms with Crippen molar-refractivity contribution < 1.29 is 0 Å². The summed E-state index contributed by atoms with van der Waals surface area (Å²) in [6.45, 7) is 8.75. The Morgan fingerprint density at radius 1 is 1.50 bits per heavy atom. The standard InChI is InChI=1S/C9H18N4S/c1-4-13(6-5-10)9-11-8(7(2)3)12-14-9/h7H,4-6,10H2,1-3H3. The van der Waals surface area contributed by atoms with Gasteiger partial charge in [0, 0.05) is 37.1 Å². The molecule has 2 N–H and O–H groups in total. The van der Waals surface area contributed by atoms with E-state index in [1.807, 2.05) is 0 Å². The third kappa shape index (κ3) is 2.65. The lowest BCUT2D eigenvalue weighted by atomic mass is 10.2. The van der Waals surface area contributed by atoms with Gasteiger partial charge < -0.3 is 10.6 Å². The second-order valence-corrected chi connectivity index (χ2v) is 4.19. The van der Waals surface area contributed by atoms with Crippen molar-refractivity contribution >= 4 is 16.7 Å². The van der Waals surface area contributed by atoms with Gasteiger partial charge in [0.2, 0.25) is 5.13 Å². The van der Waals surface area contributed by atoms with Crippen molar-refractivity contribution in [2.24, 2.45) is 5.73 Å². The van der Waals surface area contributed by atoms with Crippen molar-refractivity contribution in [2.45, 2.75) is 26.7 Å². The molecular weight excluding hydrogens is 196 g/mol. The SMILES string of the molecule is CCN(CCN)c1nc(C(C)C)ns1.